The van der Waals surface area contributed by atoms with Gasteiger partial charge in [-0.3, -0.25) is 4.79 Å². The van der Waals surface area contributed by atoms with Gasteiger partial charge < -0.3 is 10.1 Å². The van der Waals surface area contributed by atoms with Gasteiger partial charge in [-0.05, 0) is 29.7 Å². The fourth-order valence-electron chi connectivity index (χ4n) is 3.26. The average molecular weight is 427 g/mol. The molecule has 0 spiro atoms. The second-order valence-corrected chi connectivity index (χ2v) is 8.64. The van der Waals surface area contributed by atoms with Crippen molar-refractivity contribution in [1.82, 2.24) is 9.62 Å². The number of hydrogen-bond acceptors (Lipinski definition) is 4. The second-order valence-electron chi connectivity index (χ2n) is 6.70. The van der Waals surface area contributed by atoms with E-state index in [4.69, 9.17) is 4.74 Å². The Morgan fingerprint density at radius 3 is 2.43 bits per heavy atom. The van der Waals surface area contributed by atoms with Crippen molar-refractivity contribution in [1.29, 1.82) is 0 Å². The highest BCUT2D eigenvalue weighted by Crippen LogP contribution is 2.25. The van der Waals surface area contributed by atoms with Crippen LogP contribution in [-0.4, -0.2) is 44.9 Å². The van der Waals surface area contributed by atoms with Crippen LogP contribution < -0.4 is 10.1 Å². The first kappa shape index (κ1) is 21.8. The summed E-state index contributed by atoms with van der Waals surface area (Å²) in [6, 6.07) is 19.9. The minimum atomic E-state index is -3.61. The summed E-state index contributed by atoms with van der Waals surface area (Å²) in [6.45, 7) is 4.93. The van der Waals surface area contributed by atoms with Crippen molar-refractivity contribution in [3.05, 3.63) is 72.3 Å². The first-order valence-corrected chi connectivity index (χ1v) is 11.4. The number of amides is 1. The number of benzene rings is 3. The predicted molar refractivity (Wildman–Crippen MR) is 118 cm³/mol. The summed E-state index contributed by atoms with van der Waals surface area (Å²) in [5.41, 5.74) is 0.299. The second kappa shape index (κ2) is 9.73. The van der Waals surface area contributed by atoms with Crippen LogP contribution in [0.4, 0.5) is 0 Å². The van der Waals surface area contributed by atoms with Crippen molar-refractivity contribution in [2.45, 2.75) is 18.7 Å². The lowest BCUT2D eigenvalue weighted by Crippen LogP contribution is -2.31. The summed E-state index contributed by atoms with van der Waals surface area (Å²) >= 11 is 0. The van der Waals surface area contributed by atoms with E-state index < -0.39 is 10.0 Å². The monoisotopic (exact) mass is 426 g/mol. The highest BCUT2D eigenvalue weighted by atomic mass is 32.2. The normalized spacial score (nSPS) is 11.6. The van der Waals surface area contributed by atoms with Gasteiger partial charge in [0, 0.05) is 24.0 Å². The summed E-state index contributed by atoms with van der Waals surface area (Å²) in [5.74, 6) is 0.419. The third-order valence-corrected chi connectivity index (χ3v) is 6.88. The Hall–Kier alpha value is -2.90. The molecule has 7 heteroatoms. The number of hydrogen-bond donors (Lipinski definition) is 1. The molecule has 0 heterocycles. The van der Waals surface area contributed by atoms with Crippen LogP contribution in [-0.2, 0) is 10.0 Å². The fraction of sp³-hybridized carbons (Fsp3) is 0.261. The molecule has 0 saturated heterocycles. The lowest BCUT2D eigenvalue weighted by atomic mass is 10.1. The van der Waals surface area contributed by atoms with Gasteiger partial charge in [-0.1, -0.05) is 56.3 Å². The molecular weight excluding hydrogens is 400 g/mol. The number of fused-ring (bicyclic) bond motifs is 1. The van der Waals surface area contributed by atoms with Gasteiger partial charge in [-0.25, -0.2) is 8.42 Å². The summed E-state index contributed by atoms with van der Waals surface area (Å²) in [4.78, 5) is 12.6. The van der Waals surface area contributed by atoms with Crippen LogP contribution in [0.5, 0.6) is 5.75 Å². The SMILES string of the molecule is CCN(CC)S(=O)(=O)c1cccc(C(=O)NCCOc2cccc3ccccc23)c1. The molecule has 0 unspecified atom stereocenters. The lowest BCUT2D eigenvalue weighted by molar-refractivity contribution is 0.0947. The molecule has 0 bridgehead atoms. The Morgan fingerprint density at radius 1 is 0.967 bits per heavy atom. The molecule has 1 N–H and O–H groups in total. The number of sulfonamides is 1. The summed E-state index contributed by atoms with van der Waals surface area (Å²) in [6.07, 6.45) is 0. The molecule has 0 aromatic heterocycles. The van der Waals surface area contributed by atoms with Crippen LogP contribution in [0.1, 0.15) is 24.2 Å². The molecule has 0 aliphatic carbocycles. The van der Waals surface area contributed by atoms with Gasteiger partial charge in [-0.2, -0.15) is 4.31 Å². The number of nitrogens with zero attached hydrogens (tertiary/aromatic N) is 1. The Labute approximate surface area is 177 Å². The molecule has 1 amide bonds. The maximum absolute atomic E-state index is 12.7. The minimum Gasteiger partial charge on any atom is -0.491 e. The van der Waals surface area contributed by atoms with Gasteiger partial charge in [0.25, 0.3) is 5.91 Å². The molecule has 0 fully saturated rings. The molecule has 0 aliphatic heterocycles. The first-order valence-electron chi connectivity index (χ1n) is 9.96. The van der Waals surface area contributed by atoms with Crippen LogP contribution in [0, 0.1) is 0 Å². The Morgan fingerprint density at radius 2 is 1.67 bits per heavy atom. The van der Waals surface area contributed by atoms with Crippen LogP contribution in [0.15, 0.2) is 71.6 Å². The van der Waals surface area contributed by atoms with Gasteiger partial charge in [0.05, 0.1) is 11.4 Å². The van der Waals surface area contributed by atoms with Crippen LogP contribution in [0.25, 0.3) is 10.8 Å². The van der Waals surface area contributed by atoms with Crippen LogP contribution in [0.2, 0.25) is 0 Å². The summed E-state index contributed by atoms with van der Waals surface area (Å²) in [7, 11) is -3.61. The Kier molecular flexibility index (Phi) is 7.07. The molecule has 0 aliphatic rings. The number of carbonyl (C=O) groups excluding carboxylic acids is 1. The van der Waals surface area contributed by atoms with E-state index in [1.807, 2.05) is 42.5 Å². The zero-order valence-electron chi connectivity index (χ0n) is 17.2. The average Bonchev–Trinajstić information content (AvgIpc) is 2.77. The van der Waals surface area contributed by atoms with Crippen molar-refractivity contribution in [2.75, 3.05) is 26.2 Å². The Bertz CT molecular complexity index is 1120. The molecule has 3 aromatic carbocycles. The number of nitrogens with one attached hydrogen (secondary N) is 1. The number of rotatable bonds is 9. The van der Waals surface area contributed by atoms with Gasteiger partial charge in [0.15, 0.2) is 0 Å². The van der Waals surface area contributed by atoms with Crippen molar-refractivity contribution in [2.24, 2.45) is 0 Å². The highest BCUT2D eigenvalue weighted by Gasteiger charge is 2.22. The molecule has 6 nitrogen and oxygen atoms in total. The van der Waals surface area contributed by atoms with E-state index >= 15 is 0 Å². The molecule has 3 rings (SSSR count). The largest absolute Gasteiger partial charge is 0.491 e. The van der Waals surface area contributed by atoms with E-state index in [0.717, 1.165) is 16.5 Å². The number of ether oxygens (including phenoxy) is 1. The maximum atomic E-state index is 12.7. The highest BCUT2D eigenvalue weighted by molar-refractivity contribution is 7.89. The van der Waals surface area contributed by atoms with E-state index in [-0.39, 0.29) is 10.8 Å². The quantitative estimate of drug-likeness (QED) is 0.530. The van der Waals surface area contributed by atoms with Gasteiger partial charge >= 0.3 is 0 Å². The van der Waals surface area contributed by atoms with Crippen molar-refractivity contribution in [3.63, 3.8) is 0 Å². The molecule has 0 saturated carbocycles. The van der Waals surface area contributed by atoms with Crippen LogP contribution >= 0.6 is 0 Å². The van der Waals surface area contributed by atoms with E-state index in [0.29, 0.717) is 31.8 Å². The summed E-state index contributed by atoms with van der Waals surface area (Å²) in [5, 5.41) is 4.88. The minimum absolute atomic E-state index is 0.117. The fourth-order valence-corrected chi connectivity index (χ4v) is 4.76. The molecule has 3 aromatic rings. The van der Waals surface area contributed by atoms with Crippen LogP contribution in [0.3, 0.4) is 0 Å². The van der Waals surface area contributed by atoms with Crippen molar-refractivity contribution < 1.29 is 17.9 Å². The maximum Gasteiger partial charge on any atom is 0.251 e. The standard InChI is InChI=1S/C23H26N2O4S/c1-3-25(4-2)30(27,28)20-12-7-11-19(17-20)23(26)24-15-16-29-22-14-8-10-18-9-5-6-13-21(18)22/h5-14,17H,3-4,15-16H2,1-2H3,(H,24,26). The smallest absolute Gasteiger partial charge is 0.251 e. The molecule has 30 heavy (non-hydrogen) atoms. The summed E-state index contributed by atoms with van der Waals surface area (Å²) < 4.78 is 32.5. The van der Waals surface area contributed by atoms with E-state index in [1.165, 1.54) is 16.4 Å². The number of carbonyl (C=O) groups is 1. The molecule has 158 valence electrons. The molecule has 0 atom stereocenters. The van der Waals surface area contributed by atoms with Gasteiger partial charge in [0.1, 0.15) is 12.4 Å². The Balaban J connectivity index is 1.61. The molecule has 0 radical (unpaired) electrons. The lowest BCUT2D eigenvalue weighted by Gasteiger charge is -2.18. The zero-order valence-corrected chi connectivity index (χ0v) is 18.0. The third kappa shape index (κ3) is 4.80. The zero-order chi connectivity index (χ0) is 21.6. The van der Waals surface area contributed by atoms with E-state index in [1.54, 1.807) is 26.0 Å². The first-order chi connectivity index (χ1) is 14.5. The van der Waals surface area contributed by atoms with E-state index in [2.05, 4.69) is 5.32 Å². The predicted octanol–water partition coefficient (Wildman–Crippen LogP) is 3.68. The topological polar surface area (TPSA) is 75.7 Å². The van der Waals surface area contributed by atoms with Gasteiger partial charge in [0.2, 0.25) is 10.0 Å². The van der Waals surface area contributed by atoms with E-state index in [9.17, 15) is 13.2 Å². The van der Waals surface area contributed by atoms with Crippen molar-refractivity contribution in [3.8, 4) is 5.75 Å². The molecular formula is C23H26N2O4S. The third-order valence-electron chi connectivity index (χ3n) is 4.83. The van der Waals surface area contributed by atoms with Gasteiger partial charge in [-0.15, -0.1) is 0 Å². The van der Waals surface area contributed by atoms with Crippen molar-refractivity contribution >= 4 is 26.7 Å².